The molecule has 9 nitrogen and oxygen atoms in total. The number of benzene rings is 1. The van der Waals surface area contributed by atoms with Crippen LogP contribution in [0, 0.1) is 11.8 Å². The number of thioether (sulfide) groups is 1. The fourth-order valence-electron chi connectivity index (χ4n) is 6.39. The van der Waals surface area contributed by atoms with E-state index in [-0.39, 0.29) is 42.7 Å². The SMILES string of the molecule is C[C@H]([C@@H]1O[C@H]1C[C@H]1CO[C@@H](CC2(OS(C)(=O)=O)CSC(c3ccccc3)=N2)[C@H](O[Si](C)(C)C)[C@@H]1O[Si](C)(C)C)[C@H](C)O[Si](C)(C)C. The van der Waals surface area contributed by atoms with Gasteiger partial charge in [-0.25, -0.2) is 9.18 Å². The third kappa shape index (κ3) is 11.3. The second kappa shape index (κ2) is 14.4. The van der Waals surface area contributed by atoms with Crippen molar-refractivity contribution < 1.29 is 35.4 Å². The van der Waals surface area contributed by atoms with E-state index < -0.39 is 53.0 Å². The molecular weight excluding hydrogens is 675 g/mol. The smallest absolute Gasteiger partial charge is 0.266 e. The normalized spacial score (nSPS) is 32.2. The molecule has 262 valence electrons. The lowest BCUT2D eigenvalue weighted by Gasteiger charge is -2.48. The lowest BCUT2D eigenvalue weighted by atomic mass is 9.85. The molecule has 3 aliphatic rings. The van der Waals surface area contributed by atoms with Crippen LogP contribution in [0.3, 0.4) is 0 Å². The third-order valence-electron chi connectivity index (χ3n) is 8.20. The largest absolute Gasteiger partial charge is 0.415 e. The summed E-state index contributed by atoms with van der Waals surface area (Å²) in [7, 11) is -9.64. The third-order valence-corrected chi connectivity index (χ3v) is 13.0. The summed E-state index contributed by atoms with van der Waals surface area (Å²) in [4.78, 5) is 4.94. The Bertz CT molecular complexity index is 1320. The summed E-state index contributed by atoms with van der Waals surface area (Å²) < 4.78 is 64.4. The molecule has 0 radical (unpaired) electrons. The second-order valence-corrected chi connectivity index (χ2v) is 32.1. The van der Waals surface area contributed by atoms with Crippen LogP contribution in [0.2, 0.25) is 58.9 Å². The van der Waals surface area contributed by atoms with Gasteiger partial charge in [0, 0.05) is 29.9 Å². The molecule has 46 heavy (non-hydrogen) atoms. The lowest BCUT2D eigenvalue weighted by molar-refractivity contribution is -0.166. The number of aliphatic imine (C=N–C) groups is 1. The van der Waals surface area contributed by atoms with Gasteiger partial charge in [0.2, 0.25) is 0 Å². The predicted molar refractivity (Wildman–Crippen MR) is 195 cm³/mol. The van der Waals surface area contributed by atoms with Crippen LogP contribution >= 0.6 is 11.8 Å². The molecule has 3 aliphatic heterocycles. The summed E-state index contributed by atoms with van der Waals surface area (Å²) in [6.07, 6.45) is 1.41. The van der Waals surface area contributed by atoms with Crippen LogP contribution in [0.15, 0.2) is 35.3 Å². The molecule has 0 bridgehead atoms. The Morgan fingerprint density at radius 3 is 2.11 bits per heavy atom. The van der Waals surface area contributed by atoms with E-state index in [1.54, 1.807) is 0 Å². The van der Waals surface area contributed by atoms with Gasteiger partial charge in [-0.3, -0.25) is 0 Å². The van der Waals surface area contributed by atoms with Crippen molar-refractivity contribution in [2.24, 2.45) is 16.8 Å². The Kier molecular flexibility index (Phi) is 12.1. The van der Waals surface area contributed by atoms with Gasteiger partial charge in [-0.2, -0.15) is 8.42 Å². The molecule has 1 aromatic rings. The fourth-order valence-corrected chi connectivity index (χ4v) is 11.9. The highest BCUT2D eigenvalue weighted by Gasteiger charge is 2.54. The van der Waals surface area contributed by atoms with Gasteiger partial charge in [0.15, 0.2) is 30.7 Å². The first-order valence-corrected chi connectivity index (χ1v) is 29.5. The van der Waals surface area contributed by atoms with Gasteiger partial charge in [-0.15, -0.1) is 11.8 Å². The van der Waals surface area contributed by atoms with E-state index in [1.807, 2.05) is 30.3 Å². The maximum absolute atomic E-state index is 12.6. The molecular formula is C32H57NO8S2Si3. The molecule has 1 unspecified atom stereocenters. The Hall–Kier alpha value is -0.399. The van der Waals surface area contributed by atoms with Crippen LogP contribution in [0.4, 0.5) is 0 Å². The van der Waals surface area contributed by atoms with Gasteiger partial charge in [0.25, 0.3) is 10.1 Å². The molecule has 14 heteroatoms. The molecule has 0 aromatic heterocycles. The standard InChI is InChI=1S/C32H57NO8S2Si3/c1-22(23(2)38-44(4,5)6)28-26(37-28)18-25-20-36-27(30(40-46(10,11)12)29(25)39-45(7,8)9)19-32(41-43(3,34)35)21-42-31(33-32)24-16-14-13-15-17-24/h13-17,22-23,25-30H,18-21H2,1-12H3/t22-,23-,25-,26-,27-,28-,29+,30-,32?/m0/s1. The van der Waals surface area contributed by atoms with E-state index in [4.69, 9.17) is 31.9 Å². The lowest BCUT2D eigenvalue weighted by Crippen LogP contribution is -2.59. The van der Waals surface area contributed by atoms with E-state index >= 15 is 0 Å². The Balaban J connectivity index is 1.60. The van der Waals surface area contributed by atoms with Gasteiger partial charge < -0.3 is 22.8 Å². The zero-order valence-corrected chi connectivity index (χ0v) is 34.5. The first-order chi connectivity index (χ1) is 21.0. The summed E-state index contributed by atoms with van der Waals surface area (Å²) in [6.45, 7) is 24.6. The Morgan fingerprint density at radius 2 is 1.54 bits per heavy atom. The number of hydrogen-bond donors (Lipinski definition) is 0. The monoisotopic (exact) mass is 731 g/mol. The van der Waals surface area contributed by atoms with Crippen molar-refractivity contribution in [1.29, 1.82) is 0 Å². The van der Waals surface area contributed by atoms with Crippen molar-refractivity contribution in [3.63, 3.8) is 0 Å². The minimum Gasteiger partial charge on any atom is -0.415 e. The molecule has 0 N–H and O–H groups in total. The first-order valence-electron chi connectivity index (χ1n) is 16.5. The topological polar surface area (TPSA) is 105 Å². The van der Waals surface area contributed by atoms with Crippen molar-refractivity contribution in [2.75, 3.05) is 18.6 Å². The van der Waals surface area contributed by atoms with Crippen LogP contribution in [0.25, 0.3) is 0 Å². The number of nitrogens with zero attached hydrogens (tertiary/aromatic N) is 1. The average Bonchev–Trinajstić information content (AvgIpc) is 3.54. The zero-order valence-electron chi connectivity index (χ0n) is 29.9. The van der Waals surface area contributed by atoms with Crippen LogP contribution in [0.5, 0.6) is 0 Å². The van der Waals surface area contributed by atoms with Crippen LogP contribution < -0.4 is 0 Å². The van der Waals surface area contributed by atoms with Crippen molar-refractivity contribution in [3.8, 4) is 0 Å². The minimum absolute atomic E-state index is 0.0628. The number of ether oxygens (including phenoxy) is 2. The zero-order chi connectivity index (χ0) is 34.3. The Labute approximate surface area is 285 Å². The molecule has 0 aliphatic carbocycles. The van der Waals surface area contributed by atoms with Gasteiger partial charge >= 0.3 is 0 Å². The maximum atomic E-state index is 12.6. The van der Waals surface area contributed by atoms with E-state index in [0.717, 1.165) is 23.3 Å². The molecule has 0 saturated carbocycles. The van der Waals surface area contributed by atoms with Crippen molar-refractivity contribution in [1.82, 2.24) is 0 Å². The van der Waals surface area contributed by atoms with E-state index in [1.165, 1.54) is 11.8 Å². The summed E-state index contributed by atoms with van der Waals surface area (Å²) in [5, 5.41) is 0.758. The molecule has 3 heterocycles. The van der Waals surface area contributed by atoms with Crippen LogP contribution in [-0.4, -0.2) is 99.4 Å². The van der Waals surface area contributed by atoms with E-state index in [9.17, 15) is 8.42 Å². The van der Waals surface area contributed by atoms with Crippen LogP contribution in [-0.2, 0) is 37.1 Å². The quantitative estimate of drug-likeness (QED) is 0.110. The summed E-state index contributed by atoms with van der Waals surface area (Å²) in [6, 6.07) is 9.80. The molecule has 4 rings (SSSR count). The summed E-state index contributed by atoms with van der Waals surface area (Å²) in [5.41, 5.74) is -0.373. The van der Waals surface area contributed by atoms with Gasteiger partial charge in [-0.1, -0.05) is 37.3 Å². The predicted octanol–water partition coefficient (Wildman–Crippen LogP) is 6.73. The first kappa shape index (κ1) is 38.4. The van der Waals surface area contributed by atoms with E-state index in [2.05, 4.69) is 72.8 Å². The second-order valence-electron chi connectivity index (χ2n) is 16.2. The van der Waals surface area contributed by atoms with Crippen LogP contribution in [0.1, 0.15) is 32.3 Å². The highest BCUT2D eigenvalue weighted by Crippen LogP contribution is 2.44. The highest BCUT2D eigenvalue weighted by atomic mass is 32.2. The number of hydrogen-bond acceptors (Lipinski definition) is 10. The molecule has 9 atom stereocenters. The highest BCUT2D eigenvalue weighted by molar-refractivity contribution is 8.14. The number of epoxide rings is 1. The van der Waals surface area contributed by atoms with Gasteiger partial charge in [0.05, 0.1) is 49.1 Å². The Morgan fingerprint density at radius 1 is 0.935 bits per heavy atom. The maximum Gasteiger partial charge on any atom is 0.266 e. The number of rotatable bonds is 15. The minimum atomic E-state index is -3.83. The molecule has 2 fully saturated rings. The molecule has 1 aromatic carbocycles. The van der Waals surface area contributed by atoms with E-state index in [0.29, 0.717) is 12.4 Å². The molecule has 0 spiro atoms. The van der Waals surface area contributed by atoms with Crippen molar-refractivity contribution in [3.05, 3.63) is 35.9 Å². The average molecular weight is 732 g/mol. The molecule has 2 saturated heterocycles. The molecule has 0 amide bonds. The van der Waals surface area contributed by atoms with Gasteiger partial charge in [-0.05, 0) is 72.3 Å². The van der Waals surface area contributed by atoms with Crippen molar-refractivity contribution >= 4 is 51.9 Å². The fraction of sp³-hybridized carbons (Fsp3) is 0.781. The summed E-state index contributed by atoms with van der Waals surface area (Å²) in [5.74, 6) is 0.705. The summed E-state index contributed by atoms with van der Waals surface area (Å²) >= 11 is 1.51. The van der Waals surface area contributed by atoms with Gasteiger partial charge in [0.1, 0.15) is 5.04 Å². The van der Waals surface area contributed by atoms with Crippen molar-refractivity contribution in [2.45, 2.75) is 128 Å².